The van der Waals surface area contributed by atoms with Crippen molar-refractivity contribution in [1.29, 1.82) is 0 Å². The molecule has 0 aliphatic carbocycles. The Hall–Kier alpha value is -4.29. The lowest BCUT2D eigenvalue weighted by Crippen LogP contribution is -2.34. The molecule has 0 bridgehead atoms. The molecule has 1 aromatic heterocycles. The van der Waals surface area contributed by atoms with Crippen LogP contribution in [0.4, 0.5) is 5.69 Å². The molecule has 0 aliphatic rings. The van der Waals surface area contributed by atoms with E-state index in [1.54, 1.807) is 36.4 Å². The molecule has 0 atom stereocenters. The highest BCUT2D eigenvalue weighted by Crippen LogP contribution is 2.23. The lowest BCUT2D eigenvalue weighted by atomic mass is 10.1. The van der Waals surface area contributed by atoms with E-state index < -0.39 is 5.63 Å². The molecular weight excluding hydrogens is 432 g/mol. The molecule has 2 N–H and O–H groups in total. The Morgan fingerprint density at radius 3 is 2.36 bits per heavy atom. The Balaban J connectivity index is 1.34. The third kappa shape index (κ3) is 4.37. The fourth-order valence-electron chi connectivity index (χ4n) is 3.70. The Morgan fingerprint density at radius 1 is 0.758 bits per heavy atom. The van der Waals surface area contributed by atoms with Gasteiger partial charge in [-0.05, 0) is 65.0 Å². The van der Waals surface area contributed by atoms with Crippen LogP contribution in [0.15, 0.2) is 106 Å². The Bertz CT molecular complexity index is 1590. The quantitative estimate of drug-likeness (QED) is 0.271. The maximum atomic E-state index is 12.7. The zero-order valence-corrected chi connectivity index (χ0v) is 18.2. The van der Waals surface area contributed by atoms with Crippen molar-refractivity contribution < 1.29 is 9.21 Å². The van der Waals surface area contributed by atoms with Gasteiger partial charge < -0.3 is 9.73 Å². The number of hydrogen-bond acceptors (Lipinski definition) is 4. The topological polar surface area (TPSA) is 71.3 Å². The summed E-state index contributed by atoms with van der Waals surface area (Å²) in [4.78, 5) is 25.1. The maximum absolute atomic E-state index is 12.7. The van der Waals surface area contributed by atoms with Gasteiger partial charge in [-0.3, -0.25) is 10.1 Å². The molecule has 0 aliphatic heterocycles. The van der Waals surface area contributed by atoms with Crippen molar-refractivity contribution >= 4 is 50.7 Å². The van der Waals surface area contributed by atoms with Crippen LogP contribution in [0, 0.1) is 0 Å². The number of carbonyl (C=O) groups is 1. The highest BCUT2D eigenvalue weighted by Gasteiger charge is 2.11. The van der Waals surface area contributed by atoms with Gasteiger partial charge in [0.05, 0.1) is 5.56 Å². The molecular formula is C27H18N2O3S. The number of fused-ring (bicyclic) bond motifs is 2. The van der Waals surface area contributed by atoms with Crippen LogP contribution < -0.4 is 16.3 Å². The van der Waals surface area contributed by atoms with Crippen LogP contribution in [0.5, 0.6) is 0 Å². The second kappa shape index (κ2) is 8.68. The van der Waals surface area contributed by atoms with Crippen molar-refractivity contribution in [3.05, 3.63) is 113 Å². The molecule has 0 spiro atoms. The van der Waals surface area contributed by atoms with Crippen molar-refractivity contribution in [3.8, 4) is 11.1 Å². The highest BCUT2D eigenvalue weighted by atomic mass is 32.1. The largest absolute Gasteiger partial charge is 0.422 e. The summed E-state index contributed by atoms with van der Waals surface area (Å²) in [6, 6.07) is 29.7. The molecule has 0 saturated heterocycles. The highest BCUT2D eigenvalue weighted by molar-refractivity contribution is 7.80. The minimum atomic E-state index is -0.418. The van der Waals surface area contributed by atoms with Gasteiger partial charge in [0.2, 0.25) is 0 Å². The van der Waals surface area contributed by atoms with Crippen molar-refractivity contribution in [3.63, 3.8) is 0 Å². The molecule has 1 amide bonds. The molecule has 1 heterocycles. The first-order valence-corrected chi connectivity index (χ1v) is 10.7. The summed E-state index contributed by atoms with van der Waals surface area (Å²) < 4.78 is 5.44. The van der Waals surface area contributed by atoms with E-state index in [2.05, 4.69) is 10.6 Å². The summed E-state index contributed by atoms with van der Waals surface area (Å²) in [6.07, 6.45) is 0. The van der Waals surface area contributed by atoms with Gasteiger partial charge in [-0.25, -0.2) is 4.79 Å². The van der Waals surface area contributed by atoms with E-state index in [1.165, 1.54) is 0 Å². The van der Waals surface area contributed by atoms with E-state index in [9.17, 15) is 9.59 Å². The van der Waals surface area contributed by atoms with E-state index in [-0.39, 0.29) is 11.0 Å². The summed E-state index contributed by atoms with van der Waals surface area (Å²) in [5.74, 6) is -0.301. The van der Waals surface area contributed by atoms with Gasteiger partial charge in [0.1, 0.15) is 5.58 Å². The number of nitrogens with one attached hydrogen (secondary N) is 2. The molecule has 5 aromatic rings. The normalized spacial score (nSPS) is 10.8. The summed E-state index contributed by atoms with van der Waals surface area (Å²) in [6.45, 7) is 0. The number of carbonyl (C=O) groups excluding carboxylic acids is 1. The van der Waals surface area contributed by atoms with E-state index in [0.29, 0.717) is 28.0 Å². The molecule has 33 heavy (non-hydrogen) atoms. The number of amides is 1. The number of hydrogen-bond donors (Lipinski definition) is 2. The van der Waals surface area contributed by atoms with Crippen LogP contribution in [0.1, 0.15) is 10.4 Å². The molecule has 0 radical (unpaired) electrons. The van der Waals surface area contributed by atoms with E-state index >= 15 is 0 Å². The Morgan fingerprint density at radius 2 is 1.52 bits per heavy atom. The molecule has 160 valence electrons. The zero-order chi connectivity index (χ0) is 22.8. The minimum absolute atomic E-state index is 0.163. The average molecular weight is 451 g/mol. The van der Waals surface area contributed by atoms with E-state index in [4.69, 9.17) is 16.6 Å². The predicted octanol–water partition coefficient (Wildman–Crippen LogP) is 5.74. The first kappa shape index (κ1) is 20.6. The molecule has 5 nitrogen and oxygen atoms in total. The van der Waals surface area contributed by atoms with Gasteiger partial charge >= 0.3 is 5.63 Å². The third-order valence-electron chi connectivity index (χ3n) is 5.31. The standard InChI is InChI=1S/C27H18N2O3S/c30-25(21-13-12-17-6-1-2-7-18(17)14-21)29-27(33)28-22-10-5-9-19(15-22)23-16-20-8-3-4-11-24(20)32-26(23)31/h1-16H,(H2,28,29,30,33). The Kier molecular flexibility index (Phi) is 5.42. The fourth-order valence-corrected chi connectivity index (χ4v) is 3.91. The first-order chi connectivity index (χ1) is 16.1. The molecule has 0 saturated carbocycles. The molecule has 0 fully saturated rings. The maximum Gasteiger partial charge on any atom is 0.344 e. The van der Waals surface area contributed by atoms with Crippen molar-refractivity contribution in [2.45, 2.75) is 0 Å². The molecule has 6 heteroatoms. The van der Waals surface area contributed by atoms with Crippen LogP contribution in [0.3, 0.4) is 0 Å². The van der Waals surface area contributed by atoms with Crippen LogP contribution in [0.2, 0.25) is 0 Å². The summed E-state index contributed by atoms with van der Waals surface area (Å²) in [5, 5.41) is 8.76. The minimum Gasteiger partial charge on any atom is -0.422 e. The number of thiocarbonyl (C=S) groups is 1. The van der Waals surface area contributed by atoms with Crippen LogP contribution in [0.25, 0.3) is 32.9 Å². The third-order valence-corrected chi connectivity index (χ3v) is 5.52. The van der Waals surface area contributed by atoms with Gasteiger partial charge in [0.25, 0.3) is 5.91 Å². The SMILES string of the molecule is O=C(NC(=S)Nc1cccc(-c2cc3ccccc3oc2=O)c1)c1ccc2ccccc2c1. The lowest BCUT2D eigenvalue weighted by molar-refractivity contribution is 0.0978. The van der Waals surface area contributed by atoms with Crippen molar-refractivity contribution in [2.24, 2.45) is 0 Å². The zero-order valence-electron chi connectivity index (χ0n) is 17.4. The number of rotatable bonds is 3. The lowest BCUT2D eigenvalue weighted by Gasteiger charge is -2.11. The second-order valence-corrected chi connectivity index (χ2v) is 7.94. The van der Waals surface area contributed by atoms with Crippen molar-refractivity contribution in [2.75, 3.05) is 5.32 Å². The summed E-state index contributed by atoms with van der Waals surface area (Å²) >= 11 is 5.33. The van der Waals surface area contributed by atoms with Gasteiger partial charge in [-0.2, -0.15) is 0 Å². The molecule has 5 rings (SSSR count). The number of benzene rings is 4. The Labute approximate surface area is 194 Å². The number of para-hydroxylation sites is 1. The van der Waals surface area contributed by atoms with Crippen LogP contribution in [-0.4, -0.2) is 11.0 Å². The smallest absolute Gasteiger partial charge is 0.344 e. The first-order valence-electron chi connectivity index (χ1n) is 10.3. The predicted molar refractivity (Wildman–Crippen MR) is 136 cm³/mol. The molecule has 4 aromatic carbocycles. The van der Waals surface area contributed by atoms with Gasteiger partial charge in [-0.1, -0.05) is 60.7 Å². The second-order valence-electron chi connectivity index (χ2n) is 7.54. The monoisotopic (exact) mass is 450 g/mol. The van der Waals surface area contributed by atoms with Crippen LogP contribution >= 0.6 is 12.2 Å². The van der Waals surface area contributed by atoms with E-state index in [1.807, 2.05) is 60.7 Å². The number of anilines is 1. The summed E-state index contributed by atoms with van der Waals surface area (Å²) in [5.41, 5.74) is 2.41. The summed E-state index contributed by atoms with van der Waals surface area (Å²) in [7, 11) is 0. The average Bonchev–Trinajstić information content (AvgIpc) is 2.83. The van der Waals surface area contributed by atoms with Gasteiger partial charge in [0, 0.05) is 16.6 Å². The van der Waals surface area contributed by atoms with Crippen LogP contribution in [-0.2, 0) is 0 Å². The van der Waals surface area contributed by atoms with Crippen molar-refractivity contribution in [1.82, 2.24) is 5.32 Å². The fraction of sp³-hybridized carbons (Fsp3) is 0. The van der Waals surface area contributed by atoms with Gasteiger partial charge in [-0.15, -0.1) is 0 Å². The van der Waals surface area contributed by atoms with Gasteiger partial charge in [0.15, 0.2) is 5.11 Å². The molecule has 0 unspecified atom stereocenters. The van der Waals surface area contributed by atoms with E-state index in [0.717, 1.165) is 16.2 Å².